The van der Waals surface area contributed by atoms with Crippen LogP contribution in [0.1, 0.15) is 85.0 Å². The molecule has 4 saturated carbocycles. The van der Waals surface area contributed by atoms with Crippen LogP contribution in [0.3, 0.4) is 0 Å². The summed E-state index contributed by atoms with van der Waals surface area (Å²) >= 11 is 0. The van der Waals surface area contributed by atoms with E-state index in [0.29, 0.717) is 22.5 Å². The molecule has 1 nitrogen and oxygen atoms in total. The molecule has 124 valence electrons. The number of Topliss-reactive ketones (excluding diaryl/α,β-unsaturated/α-hetero) is 1. The Morgan fingerprint density at radius 1 is 0.818 bits per heavy atom. The van der Waals surface area contributed by atoms with Crippen LogP contribution in [0.4, 0.5) is 0 Å². The highest BCUT2D eigenvalue weighted by molar-refractivity contribution is 5.79. The SMILES string of the molecule is CC(=O)C1CCC2C3CC[C@@H]4CCCC[C@]4(C)C3CC[C@]12C. The maximum absolute atomic E-state index is 12.2. The van der Waals surface area contributed by atoms with E-state index in [0.717, 1.165) is 23.7 Å². The number of carbonyl (C=O) groups is 1. The summed E-state index contributed by atoms with van der Waals surface area (Å²) in [6, 6.07) is 0. The third-order valence-corrected chi connectivity index (χ3v) is 9.07. The molecule has 0 aromatic rings. The maximum atomic E-state index is 12.2. The quantitative estimate of drug-likeness (QED) is 0.614. The molecule has 0 aromatic heterocycles. The molecule has 0 amide bonds. The van der Waals surface area contributed by atoms with Crippen molar-refractivity contribution in [1.29, 1.82) is 0 Å². The molecule has 22 heavy (non-hydrogen) atoms. The van der Waals surface area contributed by atoms with Gasteiger partial charge in [0.1, 0.15) is 5.78 Å². The second kappa shape index (κ2) is 5.08. The fraction of sp³-hybridized carbons (Fsp3) is 0.952. The van der Waals surface area contributed by atoms with Gasteiger partial charge in [0.05, 0.1) is 0 Å². The average Bonchev–Trinajstić information content (AvgIpc) is 2.84. The van der Waals surface area contributed by atoms with Crippen LogP contribution in [0.25, 0.3) is 0 Å². The zero-order chi connectivity index (χ0) is 15.5. The van der Waals surface area contributed by atoms with Crippen molar-refractivity contribution in [2.75, 3.05) is 0 Å². The van der Waals surface area contributed by atoms with Crippen molar-refractivity contribution in [3.05, 3.63) is 0 Å². The first-order chi connectivity index (χ1) is 10.5. The molecule has 0 aromatic carbocycles. The van der Waals surface area contributed by atoms with Gasteiger partial charge in [-0.1, -0.05) is 26.7 Å². The van der Waals surface area contributed by atoms with E-state index >= 15 is 0 Å². The number of carbonyl (C=O) groups excluding carboxylic acids is 1. The largest absolute Gasteiger partial charge is 0.300 e. The van der Waals surface area contributed by atoms with Crippen molar-refractivity contribution < 1.29 is 4.79 Å². The molecule has 4 unspecified atom stereocenters. The molecular formula is C21H34O. The Labute approximate surface area is 136 Å². The molecule has 4 aliphatic rings. The highest BCUT2D eigenvalue weighted by Gasteiger charge is 2.60. The Kier molecular flexibility index (Phi) is 3.51. The van der Waals surface area contributed by atoms with Gasteiger partial charge in [0.2, 0.25) is 0 Å². The smallest absolute Gasteiger partial charge is 0.133 e. The molecule has 0 spiro atoms. The Morgan fingerprint density at radius 3 is 2.36 bits per heavy atom. The molecule has 0 bridgehead atoms. The lowest BCUT2D eigenvalue weighted by atomic mass is 9.45. The van der Waals surface area contributed by atoms with Gasteiger partial charge in [-0.2, -0.15) is 0 Å². The predicted molar refractivity (Wildman–Crippen MR) is 90.5 cm³/mol. The third-order valence-electron chi connectivity index (χ3n) is 9.07. The summed E-state index contributed by atoms with van der Waals surface area (Å²) in [5.74, 6) is 4.60. The summed E-state index contributed by atoms with van der Waals surface area (Å²) in [6.45, 7) is 6.97. The van der Waals surface area contributed by atoms with Crippen molar-refractivity contribution in [2.45, 2.75) is 85.0 Å². The molecular weight excluding hydrogens is 268 g/mol. The van der Waals surface area contributed by atoms with Crippen LogP contribution in [0, 0.1) is 40.4 Å². The van der Waals surface area contributed by atoms with Gasteiger partial charge in [0.15, 0.2) is 0 Å². The molecule has 0 aliphatic heterocycles. The lowest BCUT2D eigenvalue weighted by Gasteiger charge is -2.60. The first-order valence-electron chi connectivity index (χ1n) is 9.97. The van der Waals surface area contributed by atoms with E-state index in [1.807, 2.05) is 6.92 Å². The minimum Gasteiger partial charge on any atom is -0.300 e. The van der Waals surface area contributed by atoms with E-state index in [-0.39, 0.29) is 0 Å². The maximum Gasteiger partial charge on any atom is 0.133 e. The van der Waals surface area contributed by atoms with Gasteiger partial charge in [-0.25, -0.2) is 0 Å². The van der Waals surface area contributed by atoms with Crippen LogP contribution in [0.5, 0.6) is 0 Å². The van der Waals surface area contributed by atoms with Gasteiger partial charge in [-0.3, -0.25) is 4.79 Å². The lowest BCUT2D eigenvalue weighted by molar-refractivity contribution is -0.133. The van der Waals surface area contributed by atoms with Crippen LogP contribution in [0.15, 0.2) is 0 Å². The van der Waals surface area contributed by atoms with Gasteiger partial charge >= 0.3 is 0 Å². The first kappa shape index (κ1) is 15.2. The average molecular weight is 303 g/mol. The van der Waals surface area contributed by atoms with Gasteiger partial charge < -0.3 is 0 Å². The molecule has 4 aliphatic carbocycles. The zero-order valence-electron chi connectivity index (χ0n) is 14.9. The Morgan fingerprint density at radius 2 is 1.59 bits per heavy atom. The number of hydrogen-bond donors (Lipinski definition) is 0. The molecule has 7 atom stereocenters. The molecule has 1 heteroatoms. The third kappa shape index (κ3) is 1.93. The first-order valence-corrected chi connectivity index (χ1v) is 9.97. The molecule has 0 radical (unpaired) electrons. The van der Waals surface area contributed by atoms with E-state index < -0.39 is 0 Å². The standard InChI is InChI=1S/C21H34O/c1-14(22)17-9-10-18-16-8-7-15-6-4-5-12-20(15,2)19(16)11-13-21(17,18)3/h15-19H,4-13H2,1-3H3/t15-,16?,17?,18?,19?,20-,21+/m0/s1. The highest BCUT2D eigenvalue weighted by atomic mass is 16.1. The van der Waals surface area contributed by atoms with Crippen molar-refractivity contribution in [2.24, 2.45) is 40.4 Å². The van der Waals surface area contributed by atoms with E-state index in [1.165, 1.54) is 64.2 Å². The number of ketones is 1. The fourth-order valence-corrected chi connectivity index (χ4v) is 7.96. The molecule has 0 saturated heterocycles. The van der Waals surface area contributed by atoms with Crippen LogP contribution in [0.2, 0.25) is 0 Å². The monoisotopic (exact) mass is 302 g/mol. The number of hydrogen-bond acceptors (Lipinski definition) is 1. The van der Waals surface area contributed by atoms with E-state index in [2.05, 4.69) is 13.8 Å². The van der Waals surface area contributed by atoms with Crippen LogP contribution < -0.4 is 0 Å². The summed E-state index contributed by atoms with van der Waals surface area (Å²) in [5.41, 5.74) is 0.974. The number of rotatable bonds is 1. The second-order valence-electron chi connectivity index (χ2n) is 9.69. The minimum absolute atomic E-state index is 0.338. The Hall–Kier alpha value is -0.330. The van der Waals surface area contributed by atoms with Crippen LogP contribution in [-0.2, 0) is 4.79 Å². The predicted octanol–water partition coefficient (Wildman–Crippen LogP) is 5.62. The van der Waals surface area contributed by atoms with E-state index in [9.17, 15) is 4.79 Å². The van der Waals surface area contributed by atoms with Crippen LogP contribution in [-0.4, -0.2) is 5.78 Å². The molecule has 0 N–H and O–H groups in total. The van der Waals surface area contributed by atoms with Gasteiger partial charge in [0, 0.05) is 5.92 Å². The summed E-state index contributed by atoms with van der Waals surface area (Å²) in [7, 11) is 0. The number of fused-ring (bicyclic) bond motifs is 5. The fourth-order valence-electron chi connectivity index (χ4n) is 7.96. The van der Waals surface area contributed by atoms with Gasteiger partial charge in [-0.05, 0) is 92.8 Å². The summed E-state index contributed by atoms with van der Waals surface area (Å²) in [5, 5.41) is 0. The molecule has 4 fully saturated rings. The molecule has 4 rings (SSSR count). The minimum atomic E-state index is 0.338. The summed E-state index contributed by atoms with van der Waals surface area (Å²) in [4.78, 5) is 12.2. The van der Waals surface area contributed by atoms with Crippen LogP contribution >= 0.6 is 0 Å². The Balaban J connectivity index is 1.63. The zero-order valence-corrected chi connectivity index (χ0v) is 14.9. The van der Waals surface area contributed by atoms with E-state index in [1.54, 1.807) is 0 Å². The van der Waals surface area contributed by atoms with Crippen molar-refractivity contribution in [3.8, 4) is 0 Å². The Bertz CT molecular complexity index is 469. The highest BCUT2D eigenvalue weighted by Crippen LogP contribution is 2.67. The topological polar surface area (TPSA) is 17.1 Å². The van der Waals surface area contributed by atoms with Gasteiger partial charge in [0.25, 0.3) is 0 Å². The normalized spacial score (nSPS) is 54.2. The summed E-state index contributed by atoms with van der Waals surface area (Å²) in [6.07, 6.45) is 14.1. The van der Waals surface area contributed by atoms with Gasteiger partial charge in [-0.15, -0.1) is 0 Å². The second-order valence-corrected chi connectivity index (χ2v) is 9.69. The van der Waals surface area contributed by atoms with Crippen molar-refractivity contribution in [1.82, 2.24) is 0 Å². The van der Waals surface area contributed by atoms with E-state index in [4.69, 9.17) is 0 Å². The lowest BCUT2D eigenvalue weighted by Crippen LogP contribution is -2.53. The van der Waals surface area contributed by atoms with Crippen molar-refractivity contribution in [3.63, 3.8) is 0 Å². The van der Waals surface area contributed by atoms with Crippen molar-refractivity contribution >= 4 is 5.78 Å². The molecule has 0 heterocycles. The summed E-state index contributed by atoms with van der Waals surface area (Å²) < 4.78 is 0.